The Kier molecular flexibility index (Phi) is 6.26. The Bertz CT molecular complexity index is 1240. The fourth-order valence-corrected chi connectivity index (χ4v) is 2.94. The first-order valence-electron chi connectivity index (χ1n) is 9.73. The molecule has 7 nitrogen and oxygen atoms in total. The maximum atomic E-state index is 13.6. The lowest BCUT2D eigenvalue weighted by atomic mass is 9.91. The van der Waals surface area contributed by atoms with Gasteiger partial charge in [0.15, 0.2) is 0 Å². The van der Waals surface area contributed by atoms with Crippen molar-refractivity contribution in [3.8, 4) is 0 Å². The van der Waals surface area contributed by atoms with Crippen LogP contribution in [0.15, 0.2) is 52.3 Å². The van der Waals surface area contributed by atoms with Crippen molar-refractivity contribution < 1.29 is 22.4 Å². The summed E-state index contributed by atoms with van der Waals surface area (Å²) >= 11 is 0. The van der Waals surface area contributed by atoms with Crippen LogP contribution in [0.5, 0.6) is 0 Å². The van der Waals surface area contributed by atoms with E-state index in [1.165, 1.54) is 12.4 Å². The number of aromatic nitrogens is 1. The average Bonchev–Trinajstić information content (AvgIpc) is 2.74. The number of amides is 1. The summed E-state index contributed by atoms with van der Waals surface area (Å²) in [6, 6.07) is 5.15. The molecule has 0 radical (unpaired) electrons. The van der Waals surface area contributed by atoms with Crippen molar-refractivity contribution in [3.63, 3.8) is 0 Å². The van der Waals surface area contributed by atoms with Gasteiger partial charge in [-0.1, -0.05) is 20.8 Å². The molecule has 0 aliphatic carbocycles. The number of carbonyl (C=O) groups excluding carboxylic acids is 1. The molecule has 0 saturated carbocycles. The third kappa shape index (κ3) is 5.18. The molecule has 1 atom stereocenters. The first kappa shape index (κ1) is 23.9. The van der Waals surface area contributed by atoms with Gasteiger partial charge in [-0.05, 0) is 30.3 Å². The monoisotopic (exact) mass is 464 g/mol. The van der Waals surface area contributed by atoms with Gasteiger partial charge in [-0.25, -0.2) is 4.39 Å². The van der Waals surface area contributed by atoms with Crippen LogP contribution < -0.4 is 26.8 Å². The molecule has 0 aliphatic rings. The minimum Gasteiger partial charge on any atom is -0.360 e. The molecule has 2 aromatic carbocycles. The molecule has 3 rings (SSSR count). The maximum absolute atomic E-state index is 13.6. The summed E-state index contributed by atoms with van der Waals surface area (Å²) in [4.78, 5) is 40.8. The van der Waals surface area contributed by atoms with Gasteiger partial charge < -0.3 is 16.0 Å². The lowest BCUT2D eigenvalue weighted by molar-refractivity contribution is -0.140. The number of hydrogen-bond acceptors (Lipinski definition) is 6. The highest BCUT2D eigenvalue weighted by atomic mass is 19.4. The fraction of sp³-hybridized carbons (Fsp3) is 0.273. The Balaban J connectivity index is 1.86. The molecular weight excluding hydrogens is 444 g/mol. The van der Waals surface area contributed by atoms with Crippen LogP contribution in [0.3, 0.4) is 0 Å². The second-order valence-electron chi connectivity index (χ2n) is 8.38. The van der Waals surface area contributed by atoms with Gasteiger partial charge in [-0.15, -0.1) is 0 Å². The van der Waals surface area contributed by atoms with Gasteiger partial charge in [0, 0.05) is 17.2 Å². The highest BCUT2D eigenvalue weighted by molar-refractivity contribution is 5.95. The van der Waals surface area contributed by atoms with Crippen molar-refractivity contribution in [2.75, 3.05) is 10.6 Å². The van der Waals surface area contributed by atoms with Crippen molar-refractivity contribution >= 4 is 23.0 Å². The zero-order chi connectivity index (χ0) is 24.6. The molecule has 33 heavy (non-hydrogen) atoms. The van der Waals surface area contributed by atoms with E-state index in [2.05, 4.69) is 20.9 Å². The molecule has 0 aliphatic heterocycles. The van der Waals surface area contributed by atoms with Gasteiger partial charge in [0.25, 0.3) is 16.8 Å². The van der Waals surface area contributed by atoms with Crippen molar-refractivity contribution in [3.05, 3.63) is 80.1 Å². The van der Waals surface area contributed by atoms with E-state index in [9.17, 15) is 31.9 Å². The zero-order valence-electron chi connectivity index (χ0n) is 17.8. The minimum atomic E-state index is -4.97. The van der Waals surface area contributed by atoms with Crippen LogP contribution in [0.25, 0.3) is 0 Å². The van der Waals surface area contributed by atoms with Crippen LogP contribution in [0.1, 0.15) is 36.7 Å². The number of benzene rings is 1. The molecule has 1 aromatic heterocycles. The Labute approximate surface area is 185 Å². The summed E-state index contributed by atoms with van der Waals surface area (Å²) in [6.45, 7) is 5.11. The number of pyridine rings is 1. The normalized spacial score (nSPS) is 12.9. The van der Waals surface area contributed by atoms with Crippen LogP contribution in [-0.2, 0) is 6.18 Å². The predicted molar refractivity (Wildman–Crippen MR) is 115 cm³/mol. The van der Waals surface area contributed by atoms with Crippen molar-refractivity contribution in [1.82, 2.24) is 10.3 Å². The van der Waals surface area contributed by atoms with Crippen LogP contribution in [0.2, 0.25) is 0 Å². The Morgan fingerprint density at radius 3 is 2.27 bits per heavy atom. The van der Waals surface area contributed by atoms with Gasteiger partial charge in [0.05, 0.1) is 17.4 Å². The molecule has 0 bridgehead atoms. The number of anilines is 3. The summed E-state index contributed by atoms with van der Waals surface area (Å²) in [5, 5.41) is 8.10. The first-order chi connectivity index (χ1) is 15.3. The SMILES string of the molecule is CC(C)(C)C(NC(=O)c1ccc(F)c(C(F)(F)F)c1)Nc1c(Nc2cccnc2)c(=O)c1=O. The van der Waals surface area contributed by atoms with E-state index in [0.717, 1.165) is 6.07 Å². The highest BCUT2D eigenvalue weighted by Crippen LogP contribution is 2.32. The molecule has 3 N–H and O–H groups in total. The Hall–Kier alpha value is -3.76. The number of nitrogens with one attached hydrogen (secondary N) is 3. The standard InChI is InChI=1S/C22H20F4N4O3/c1-21(2,3)20(30-19(33)11-6-7-14(23)13(9-11)22(24,25)26)29-16-15(17(31)18(16)32)28-12-5-4-8-27-10-12/h4-10,20,28-29H,1-3H3,(H,30,33). The second kappa shape index (κ2) is 8.64. The van der Waals surface area contributed by atoms with E-state index >= 15 is 0 Å². The molecule has 1 heterocycles. The molecule has 1 amide bonds. The average molecular weight is 464 g/mol. The van der Waals surface area contributed by atoms with Gasteiger partial charge >= 0.3 is 6.18 Å². The van der Waals surface area contributed by atoms with E-state index in [4.69, 9.17) is 0 Å². The van der Waals surface area contributed by atoms with E-state index in [1.807, 2.05) is 0 Å². The lowest BCUT2D eigenvalue weighted by Gasteiger charge is -2.33. The predicted octanol–water partition coefficient (Wildman–Crippen LogP) is 3.79. The molecular formula is C22H20F4N4O3. The lowest BCUT2D eigenvalue weighted by Crippen LogP contribution is -2.51. The Morgan fingerprint density at radius 1 is 1.03 bits per heavy atom. The number of alkyl halides is 3. The largest absolute Gasteiger partial charge is 0.419 e. The van der Waals surface area contributed by atoms with Gasteiger partial charge in [-0.2, -0.15) is 13.2 Å². The first-order valence-corrected chi connectivity index (χ1v) is 9.73. The summed E-state index contributed by atoms with van der Waals surface area (Å²) in [7, 11) is 0. The molecule has 0 spiro atoms. The molecule has 0 fully saturated rings. The van der Waals surface area contributed by atoms with Gasteiger partial charge in [0.2, 0.25) is 0 Å². The highest BCUT2D eigenvalue weighted by Gasteiger charge is 2.36. The van der Waals surface area contributed by atoms with E-state index in [1.54, 1.807) is 32.9 Å². The topological polar surface area (TPSA) is 100 Å². The van der Waals surface area contributed by atoms with Crippen LogP contribution >= 0.6 is 0 Å². The quantitative estimate of drug-likeness (QED) is 0.292. The Morgan fingerprint density at radius 2 is 1.70 bits per heavy atom. The number of hydrogen-bond donors (Lipinski definition) is 3. The third-order valence-electron chi connectivity index (χ3n) is 4.81. The summed E-state index contributed by atoms with van der Waals surface area (Å²) in [5.41, 5.74) is -3.97. The van der Waals surface area contributed by atoms with E-state index in [-0.39, 0.29) is 11.4 Å². The van der Waals surface area contributed by atoms with Crippen molar-refractivity contribution in [1.29, 1.82) is 0 Å². The van der Waals surface area contributed by atoms with Crippen LogP contribution in [0.4, 0.5) is 34.6 Å². The molecule has 3 aromatic rings. The maximum Gasteiger partial charge on any atom is 0.419 e. The molecule has 1 unspecified atom stereocenters. The van der Waals surface area contributed by atoms with Crippen LogP contribution in [0, 0.1) is 11.2 Å². The molecule has 0 saturated heterocycles. The van der Waals surface area contributed by atoms with Gasteiger partial charge in [-0.3, -0.25) is 19.4 Å². The third-order valence-corrected chi connectivity index (χ3v) is 4.81. The number of rotatable bonds is 6. The van der Waals surface area contributed by atoms with E-state index < -0.39 is 51.5 Å². The summed E-state index contributed by atoms with van der Waals surface area (Å²) < 4.78 is 52.6. The van der Waals surface area contributed by atoms with Crippen molar-refractivity contribution in [2.45, 2.75) is 33.1 Å². The second-order valence-corrected chi connectivity index (χ2v) is 8.38. The summed E-state index contributed by atoms with van der Waals surface area (Å²) in [5.74, 6) is -2.42. The van der Waals surface area contributed by atoms with E-state index in [0.29, 0.717) is 17.8 Å². The minimum absolute atomic E-state index is 0.0300. The number of carbonyl (C=O) groups is 1. The zero-order valence-corrected chi connectivity index (χ0v) is 17.8. The smallest absolute Gasteiger partial charge is 0.360 e. The number of nitrogens with zero attached hydrogens (tertiary/aromatic N) is 1. The fourth-order valence-electron chi connectivity index (χ4n) is 2.94. The van der Waals surface area contributed by atoms with Crippen molar-refractivity contribution in [2.24, 2.45) is 5.41 Å². The number of halogens is 4. The summed E-state index contributed by atoms with van der Waals surface area (Å²) in [6.07, 6.45) is -2.98. The molecule has 11 heteroatoms. The molecule has 174 valence electrons. The van der Waals surface area contributed by atoms with Gasteiger partial charge in [0.1, 0.15) is 23.4 Å². The van der Waals surface area contributed by atoms with Crippen LogP contribution in [-0.4, -0.2) is 17.1 Å².